The van der Waals surface area contributed by atoms with E-state index in [0.717, 1.165) is 15.7 Å². The minimum absolute atomic E-state index is 0.180. The smallest absolute Gasteiger partial charge is 0.329 e. The molecule has 2 N–H and O–H groups in total. The van der Waals surface area contributed by atoms with E-state index in [9.17, 15) is 14.4 Å². The van der Waals surface area contributed by atoms with E-state index in [1.165, 1.54) is 7.11 Å². The third-order valence-corrected chi connectivity index (χ3v) is 5.64. The number of benzene rings is 3. The molecule has 0 saturated carbocycles. The van der Waals surface area contributed by atoms with Gasteiger partial charge in [0.05, 0.1) is 25.1 Å². The molecule has 1 amide bonds. The lowest BCUT2D eigenvalue weighted by Crippen LogP contribution is -2.45. The van der Waals surface area contributed by atoms with Crippen LogP contribution in [0.3, 0.4) is 0 Å². The molecule has 34 heavy (non-hydrogen) atoms. The van der Waals surface area contributed by atoms with Gasteiger partial charge in [0, 0.05) is 13.0 Å². The van der Waals surface area contributed by atoms with Gasteiger partial charge in [-0.2, -0.15) is 0 Å². The predicted molar refractivity (Wildman–Crippen MR) is 129 cm³/mol. The Labute approximate surface area is 195 Å². The van der Waals surface area contributed by atoms with Crippen molar-refractivity contribution in [2.24, 2.45) is 0 Å². The quantitative estimate of drug-likeness (QED) is 0.422. The number of hydrogen-bond donors (Lipinski definition) is 2. The second-order valence-corrected chi connectivity index (χ2v) is 7.76. The summed E-state index contributed by atoms with van der Waals surface area (Å²) in [7, 11) is 3.08. The Bertz CT molecular complexity index is 1430. The Morgan fingerprint density at radius 2 is 1.62 bits per heavy atom. The molecule has 0 fully saturated rings. The number of nitrogens with one attached hydrogen (secondary N) is 2. The summed E-state index contributed by atoms with van der Waals surface area (Å²) >= 11 is 0. The van der Waals surface area contributed by atoms with Gasteiger partial charge in [0.2, 0.25) is 5.91 Å². The predicted octanol–water partition coefficient (Wildman–Crippen LogP) is 2.81. The number of aromatic nitrogens is 2. The summed E-state index contributed by atoms with van der Waals surface area (Å²) in [5.41, 5.74) is 0.892. The molecule has 174 valence electrons. The SMILES string of the molecule is COc1ccc(CNC(=O)C(Cc2ccccc2)n2c(=O)[nH]c3ccccc3c2=O)cc1OC. The van der Waals surface area contributed by atoms with Gasteiger partial charge in [-0.15, -0.1) is 0 Å². The average Bonchev–Trinajstić information content (AvgIpc) is 2.87. The van der Waals surface area contributed by atoms with Crippen molar-refractivity contribution < 1.29 is 14.3 Å². The van der Waals surface area contributed by atoms with Crippen LogP contribution in [0.1, 0.15) is 17.2 Å². The van der Waals surface area contributed by atoms with Crippen molar-refractivity contribution in [1.82, 2.24) is 14.9 Å². The largest absolute Gasteiger partial charge is 0.493 e. The number of rotatable bonds is 8. The lowest BCUT2D eigenvalue weighted by atomic mass is 10.0. The van der Waals surface area contributed by atoms with Crippen LogP contribution in [0.2, 0.25) is 0 Å². The highest BCUT2D eigenvalue weighted by Gasteiger charge is 2.25. The average molecular weight is 460 g/mol. The first kappa shape index (κ1) is 22.8. The molecule has 1 aromatic heterocycles. The monoisotopic (exact) mass is 459 g/mol. The van der Waals surface area contributed by atoms with E-state index in [0.29, 0.717) is 22.4 Å². The van der Waals surface area contributed by atoms with Gasteiger partial charge in [0.25, 0.3) is 5.56 Å². The number of carbonyl (C=O) groups is 1. The standard InChI is InChI=1S/C26H25N3O5/c1-33-22-13-12-18(15-23(22)34-2)16-27-24(30)21(14-17-8-4-3-5-9-17)29-25(31)19-10-6-7-11-20(19)28-26(29)32/h3-13,15,21H,14,16H2,1-2H3,(H,27,30)(H,28,32). The van der Waals surface area contributed by atoms with E-state index in [-0.39, 0.29) is 13.0 Å². The molecule has 4 rings (SSSR count). The Morgan fingerprint density at radius 1 is 0.912 bits per heavy atom. The molecule has 1 unspecified atom stereocenters. The number of methoxy groups -OCH3 is 2. The van der Waals surface area contributed by atoms with Gasteiger partial charge in [-0.1, -0.05) is 48.5 Å². The van der Waals surface area contributed by atoms with Crippen molar-refractivity contribution in [1.29, 1.82) is 0 Å². The van der Waals surface area contributed by atoms with Crippen LogP contribution in [0.5, 0.6) is 11.5 Å². The molecule has 3 aromatic carbocycles. The molecular formula is C26H25N3O5. The highest BCUT2D eigenvalue weighted by molar-refractivity contribution is 5.82. The third kappa shape index (κ3) is 4.71. The summed E-state index contributed by atoms with van der Waals surface area (Å²) in [6, 6.07) is 20.3. The van der Waals surface area contributed by atoms with Gasteiger partial charge in [-0.05, 0) is 35.4 Å². The van der Waals surface area contributed by atoms with E-state index in [4.69, 9.17) is 9.47 Å². The van der Waals surface area contributed by atoms with Crippen LogP contribution in [0, 0.1) is 0 Å². The fraction of sp³-hybridized carbons (Fsp3) is 0.192. The molecule has 0 saturated heterocycles. The topological polar surface area (TPSA) is 102 Å². The molecule has 0 aliphatic carbocycles. The zero-order valence-electron chi connectivity index (χ0n) is 18.9. The molecule has 4 aromatic rings. The number of carbonyl (C=O) groups excluding carboxylic acids is 1. The molecule has 8 nitrogen and oxygen atoms in total. The fourth-order valence-corrected chi connectivity index (χ4v) is 3.90. The molecular weight excluding hydrogens is 434 g/mol. The Kier molecular flexibility index (Phi) is 6.77. The van der Waals surface area contributed by atoms with Gasteiger partial charge in [-0.25, -0.2) is 9.36 Å². The van der Waals surface area contributed by atoms with Gasteiger partial charge < -0.3 is 19.8 Å². The maximum Gasteiger partial charge on any atom is 0.329 e. The summed E-state index contributed by atoms with van der Waals surface area (Å²) in [5, 5.41) is 3.20. The first-order valence-electron chi connectivity index (χ1n) is 10.8. The van der Waals surface area contributed by atoms with Crippen molar-refractivity contribution in [3.05, 3.63) is 105 Å². The maximum atomic E-state index is 13.4. The number of aromatic amines is 1. The lowest BCUT2D eigenvalue weighted by Gasteiger charge is -2.19. The molecule has 0 bridgehead atoms. The van der Waals surface area contributed by atoms with Gasteiger partial charge >= 0.3 is 5.69 Å². The second-order valence-electron chi connectivity index (χ2n) is 7.76. The highest BCUT2D eigenvalue weighted by Crippen LogP contribution is 2.27. The molecule has 8 heteroatoms. The summed E-state index contributed by atoms with van der Waals surface area (Å²) in [4.78, 5) is 42.2. The van der Waals surface area contributed by atoms with Crippen molar-refractivity contribution in [2.45, 2.75) is 19.0 Å². The van der Waals surface area contributed by atoms with E-state index >= 15 is 0 Å². The Balaban J connectivity index is 1.68. The van der Waals surface area contributed by atoms with E-state index in [1.54, 1.807) is 43.5 Å². The van der Waals surface area contributed by atoms with Crippen molar-refractivity contribution in [3.8, 4) is 11.5 Å². The summed E-state index contributed by atoms with van der Waals surface area (Å²) in [6.07, 6.45) is 0.180. The molecule has 1 atom stereocenters. The van der Waals surface area contributed by atoms with E-state index < -0.39 is 23.2 Å². The lowest BCUT2D eigenvalue weighted by molar-refractivity contribution is -0.124. The summed E-state index contributed by atoms with van der Waals surface area (Å²) in [5.74, 6) is 0.674. The maximum absolute atomic E-state index is 13.4. The molecule has 0 spiro atoms. The van der Waals surface area contributed by atoms with Crippen molar-refractivity contribution in [2.75, 3.05) is 14.2 Å². The molecule has 1 heterocycles. The Morgan fingerprint density at radius 3 is 2.35 bits per heavy atom. The van der Waals surface area contributed by atoms with Crippen LogP contribution in [0.15, 0.2) is 82.4 Å². The normalized spacial score (nSPS) is 11.7. The van der Waals surface area contributed by atoms with Gasteiger partial charge in [0.15, 0.2) is 11.5 Å². The first-order valence-corrected chi connectivity index (χ1v) is 10.8. The van der Waals surface area contributed by atoms with E-state index in [1.807, 2.05) is 36.4 Å². The number of amides is 1. The number of hydrogen-bond acceptors (Lipinski definition) is 5. The van der Waals surface area contributed by atoms with Crippen LogP contribution >= 0.6 is 0 Å². The fourth-order valence-electron chi connectivity index (χ4n) is 3.90. The molecule has 0 aliphatic heterocycles. The highest BCUT2D eigenvalue weighted by atomic mass is 16.5. The minimum atomic E-state index is -1.04. The Hall–Kier alpha value is -4.33. The van der Waals surface area contributed by atoms with Crippen LogP contribution in [-0.4, -0.2) is 29.7 Å². The van der Waals surface area contributed by atoms with Crippen molar-refractivity contribution >= 4 is 16.8 Å². The van der Waals surface area contributed by atoms with Crippen LogP contribution in [0.25, 0.3) is 10.9 Å². The first-order chi connectivity index (χ1) is 16.5. The van der Waals surface area contributed by atoms with Crippen molar-refractivity contribution in [3.63, 3.8) is 0 Å². The van der Waals surface area contributed by atoms with Gasteiger partial charge in [0.1, 0.15) is 6.04 Å². The number of H-pyrrole nitrogens is 1. The number of nitrogens with zero attached hydrogens (tertiary/aromatic N) is 1. The van der Waals surface area contributed by atoms with Gasteiger partial charge in [-0.3, -0.25) is 9.59 Å². The zero-order valence-corrected chi connectivity index (χ0v) is 18.9. The zero-order chi connectivity index (χ0) is 24.1. The third-order valence-electron chi connectivity index (χ3n) is 5.64. The number of para-hydroxylation sites is 1. The molecule has 0 aliphatic rings. The summed E-state index contributed by atoms with van der Waals surface area (Å²) < 4.78 is 11.6. The molecule has 0 radical (unpaired) electrons. The minimum Gasteiger partial charge on any atom is -0.493 e. The van der Waals surface area contributed by atoms with Crippen LogP contribution in [-0.2, 0) is 17.8 Å². The number of fused-ring (bicyclic) bond motifs is 1. The second kappa shape index (κ2) is 10.1. The van der Waals surface area contributed by atoms with E-state index in [2.05, 4.69) is 10.3 Å². The number of ether oxygens (including phenoxy) is 2. The van der Waals surface area contributed by atoms with Crippen LogP contribution < -0.4 is 26.0 Å². The summed E-state index contributed by atoms with van der Waals surface area (Å²) in [6.45, 7) is 0.185. The van der Waals surface area contributed by atoms with Crippen LogP contribution in [0.4, 0.5) is 0 Å².